The molecule has 0 unspecified atom stereocenters. The van der Waals surface area contributed by atoms with E-state index >= 15 is 0 Å². The molecular weight excluding hydrogens is 343 g/mol. The molecule has 2 rings (SSSR count). The summed E-state index contributed by atoms with van der Waals surface area (Å²) < 4.78 is 15.9. The maximum Gasteiger partial charge on any atom is 0.325 e. The van der Waals surface area contributed by atoms with E-state index in [0.717, 1.165) is 26.2 Å². The first kappa shape index (κ1) is 21.8. The summed E-state index contributed by atoms with van der Waals surface area (Å²) in [4.78, 5) is 16.4. The number of carbonyl (C=O) groups is 1. The summed E-state index contributed by atoms with van der Waals surface area (Å²) in [6.45, 7) is 3.94. The van der Waals surface area contributed by atoms with Crippen LogP contribution in [0.4, 0.5) is 0 Å². The molecule has 6 nitrogen and oxygen atoms in total. The number of nitrogens with zero attached hydrogens (tertiary/aromatic N) is 2. The average Bonchev–Trinajstić information content (AvgIpc) is 2.49. The van der Waals surface area contributed by atoms with Crippen LogP contribution in [0.15, 0.2) is 18.2 Å². The van der Waals surface area contributed by atoms with Gasteiger partial charge in [-0.3, -0.25) is 9.69 Å². The maximum absolute atomic E-state index is 12.1. The normalized spacial score (nSPS) is 15.1. The second-order valence-corrected chi connectivity index (χ2v) is 5.05. The molecule has 1 saturated heterocycles. The van der Waals surface area contributed by atoms with Crippen molar-refractivity contribution in [3.05, 3.63) is 18.2 Å². The van der Waals surface area contributed by atoms with Crippen LogP contribution in [0.2, 0.25) is 0 Å². The zero-order valence-corrected chi connectivity index (χ0v) is 15.2. The average molecular weight is 367 g/mol. The molecule has 1 aromatic carbocycles. The summed E-state index contributed by atoms with van der Waals surface area (Å²) in [5, 5.41) is 0. The van der Waals surface area contributed by atoms with Crippen LogP contribution in [0, 0.1) is 0 Å². The lowest BCUT2D eigenvalue weighted by molar-refractivity contribution is -0.136. The van der Waals surface area contributed by atoms with Gasteiger partial charge in [0.1, 0.15) is 0 Å². The minimum absolute atomic E-state index is 0. The number of methoxy groups -OCH3 is 2. The van der Waals surface area contributed by atoms with Gasteiger partial charge in [-0.05, 0) is 19.2 Å². The van der Waals surface area contributed by atoms with Gasteiger partial charge < -0.3 is 19.1 Å². The monoisotopic (exact) mass is 366 g/mol. The molecule has 0 atom stereocenters. The molecule has 1 aliphatic rings. The molecule has 0 aliphatic carbocycles. The van der Waals surface area contributed by atoms with E-state index in [1.807, 2.05) is 0 Å². The zero-order valence-electron chi connectivity index (χ0n) is 13.6. The molecule has 1 aromatic rings. The highest BCUT2D eigenvalue weighted by Crippen LogP contribution is 2.36. The van der Waals surface area contributed by atoms with Crippen molar-refractivity contribution >= 4 is 30.8 Å². The van der Waals surface area contributed by atoms with Crippen molar-refractivity contribution in [2.45, 2.75) is 0 Å². The van der Waals surface area contributed by atoms with Gasteiger partial charge in [0.15, 0.2) is 11.5 Å². The number of rotatable bonds is 5. The van der Waals surface area contributed by atoms with Crippen molar-refractivity contribution in [2.75, 3.05) is 54.0 Å². The molecule has 0 amide bonds. The highest BCUT2D eigenvalue weighted by molar-refractivity contribution is 5.85. The summed E-state index contributed by atoms with van der Waals surface area (Å²) in [5.74, 6) is 1.01. The fourth-order valence-electron chi connectivity index (χ4n) is 2.25. The van der Waals surface area contributed by atoms with E-state index < -0.39 is 0 Å². The molecule has 1 heterocycles. The van der Waals surface area contributed by atoms with Crippen molar-refractivity contribution in [1.82, 2.24) is 9.80 Å². The third kappa shape index (κ3) is 6.06. The maximum atomic E-state index is 12.1. The highest BCUT2D eigenvalue weighted by atomic mass is 35.5. The third-order valence-electron chi connectivity index (χ3n) is 3.55. The van der Waals surface area contributed by atoms with Gasteiger partial charge >= 0.3 is 5.97 Å². The van der Waals surface area contributed by atoms with E-state index in [1.165, 1.54) is 14.2 Å². The van der Waals surface area contributed by atoms with Crippen LogP contribution in [0.25, 0.3) is 0 Å². The molecule has 0 spiro atoms. The first-order chi connectivity index (χ1) is 10.1. The van der Waals surface area contributed by atoms with Crippen LogP contribution in [0.5, 0.6) is 17.2 Å². The summed E-state index contributed by atoms with van der Waals surface area (Å²) in [6, 6.07) is 5.26. The van der Waals surface area contributed by atoms with E-state index in [0.29, 0.717) is 17.2 Å². The molecule has 132 valence electrons. The quantitative estimate of drug-likeness (QED) is 0.583. The molecule has 8 heteroatoms. The summed E-state index contributed by atoms with van der Waals surface area (Å²) in [6.07, 6.45) is 0. The largest absolute Gasteiger partial charge is 0.493 e. The molecule has 0 aromatic heterocycles. The molecule has 1 fully saturated rings. The lowest BCUT2D eigenvalue weighted by atomic mass is 10.3. The first-order valence-electron chi connectivity index (χ1n) is 6.96. The molecule has 1 aliphatic heterocycles. The van der Waals surface area contributed by atoms with Crippen LogP contribution < -0.4 is 14.2 Å². The van der Waals surface area contributed by atoms with Crippen LogP contribution in [-0.4, -0.2) is 69.8 Å². The molecule has 0 saturated carbocycles. The Morgan fingerprint density at radius 1 is 1.04 bits per heavy atom. The highest BCUT2D eigenvalue weighted by Gasteiger charge is 2.20. The minimum atomic E-state index is -0.303. The van der Waals surface area contributed by atoms with Crippen LogP contribution in [-0.2, 0) is 4.79 Å². The number of halogens is 2. The lowest BCUT2D eigenvalue weighted by Gasteiger charge is -2.31. The Hall–Kier alpha value is -1.21. The topological polar surface area (TPSA) is 51.2 Å². The number of ether oxygens (including phenoxy) is 3. The van der Waals surface area contributed by atoms with E-state index in [1.54, 1.807) is 18.2 Å². The molecule has 23 heavy (non-hydrogen) atoms. The lowest BCUT2D eigenvalue weighted by Crippen LogP contribution is -2.46. The number of likely N-dealkylation sites (N-methyl/N-ethyl adjacent to an activating group) is 1. The van der Waals surface area contributed by atoms with Gasteiger partial charge in [-0.2, -0.15) is 0 Å². The molecular formula is C15H24Cl2N2O4. The van der Waals surface area contributed by atoms with E-state index in [-0.39, 0.29) is 37.3 Å². The Balaban J connectivity index is 0.00000242. The van der Waals surface area contributed by atoms with E-state index in [2.05, 4.69) is 16.8 Å². The van der Waals surface area contributed by atoms with Gasteiger partial charge in [0.25, 0.3) is 0 Å². The third-order valence-corrected chi connectivity index (χ3v) is 3.55. The Bertz CT molecular complexity index is 472. The van der Waals surface area contributed by atoms with Crippen molar-refractivity contribution in [1.29, 1.82) is 0 Å². The van der Waals surface area contributed by atoms with Crippen molar-refractivity contribution in [3.63, 3.8) is 0 Å². The van der Waals surface area contributed by atoms with Crippen molar-refractivity contribution in [2.24, 2.45) is 0 Å². The van der Waals surface area contributed by atoms with Crippen LogP contribution in [0.1, 0.15) is 0 Å². The number of hydrogen-bond donors (Lipinski definition) is 0. The van der Waals surface area contributed by atoms with Crippen LogP contribution >= 0.6 is 24.8 Å². The smallest absolute Gasteiger partial charge is 0.325 e. The van der Waals surface area contributed by atoms with Gasteiger partial charge in [0.2, 0.25) is 5.75 Å². The summed E-state index contributed by atoms with van der Waals surface area (Å²) >= 11 is 0. The van der Waals surface area contributed by atoms with Gasteiger partial charge in [0, 0.05) is 26.2 Å². The van der Waals surface area contributed by atoms with Gasteiger partial charge in [0.05, 0.1) is 20.8 Å². The minimum Gasteiger partial charge on any atom is -0.493 e. The number of para-hydroxylation sites is 1. The van der Waals surface area contributed by atoms with Gasteiger partial charge in [-0.25, -0.2) is 0 Å². The Kier molecular flexibility index (Phi) is 9.99. The number of hydrogen-bond acceptors (Lipinski definition) is 6. The predicted molar refractivity (Wildman–Crippen MR) is 93.6 cm³/mol. The SMILES string of the molecule is COc1cccc(OC)c1OC(=O)CN1CCN(C)CC1.Cl.Cl. The molecule has 0 bridgehead atoms. The number of esters is 1. The van der Waals surface area contributed by atoms with Crippen molar-refractivity contribution in [3.8, 4) is 17.2 Å². The van der Waals surface area contributed by atoms with E-state index in [9.17, 15) is 4.79 Å². The Morgan fingerprint density at radius 3 is 2.04 bits per heavy atom. The second kappa shape index (κ2) is 10.5. The summed E-state index contributed by atoms with van der Waals surface area (Å²) in [7, 11) is 5.15. The van der Waals surface area contributed by atoms with Crippen molar-refractivity contribution < 1.29 is 19.0 Å². The molecule has 0 N–H and O–H groups in total. The predicted octanol–water partition coefficient (Wildman–Crippen LogP) is 1.70. The second-order valence-electron chi connectivity index (χ2n) is 5.05. The summed E-state index contributed by atoms with van der Waals surface area (Å²) in [5.41, 5.74) is 0. The van der Waals surface area contributed by atoms with Crippen LogP contribution in [0.3, 0.4) is 0 Å². The fraction of sp³-hybridized carbons (Fsp3) is 0.533. The number of benzene rings is 1. The van der Waals surface area contributed by atoms with Gasteiger partial charge in [-0.15, -0.1) is 24.8 Å². The molecule has 0 radical (unpaired) electrons. The first-order valence-corrected chi connectivity index (χ1v) is 6.96. The standard InChI is InChI=1S/C15H22N2O4.2ClH/c1-16-7-9-17(10-8-16)11-14(18)21-15-12(19-2)5-4-6-13(15)20-3;;/h4-6H,7-11H2,1-3H3;2*1H. The van der Waals surface area contributed by atoms with E-state index in [4.69, 9.17) is 14.2 Å². The number of carbonyl (C=O) groups excluding carboxylic acids is 1. The fourth-order valence-corrected chi connectivity index (χ4v) is 2.25. The van der Waals surface area contributed by atoms with Gasteiger partial charge in [-0.1, -0.05) is 6.07 Å². The zero-order chi connectivity index (χ0) is 15.2. The Labute approximate surface area is 149 Å². The number of piperazine rings is 1. The Morgan fingerprint density at radius 2 is 1.57 bits per heavy atom.